The lowest BCUT2D eigenvalue weighted by Crippen LogP contribution is -2.44. The zero-order valence-electron chi connectivity index (χ0n) is 12.2. The summed E-state index contributed by atoms with van der Waals surface area (Å²) in [5.41, 5.74) is 2.25. The molecule has 3 nitrogen and oxygen atoms in total. The molecule has 1 saturated heterocycles. The Bertz CT molecular complexity index is 388. The Morgan fingerprint density at radius 3 is 2.47 bits per heavy atom. The van der Waals surface area contributed by atoms with E-state index in [0.29, 0.717) is 12.5 Å². The van der Waals surface area contributed by atoms with Gasteiger partial charge in [0.05, 0.1) is 6.61 Å². The Labute approximate surface area is 116 Å². The second kappa shape index (κ2) is 6.51. The molecule has 1 aromatic carbocycles. The van der Waals surface area contributed by atoms with Crippen LogP contribution in [0.15, 0.2) is 24.3 Å². The van der Waals surface area contributed by atoms with E-state index in [0.717, 1.165) is 25.2 Å². The fraction of sp³-hybridized carbons (Fsp3) is 0.625. The number of nitrogens with zero attached hydrogens (tertiary/aromatic N) is 1. The predicted molar refractivity (Wildman–Crippen MR) is 77.3 cm³/mol. The first-order valence-corrected chi connectivity index (χ1v) is 7.23. The summed E-state index contributed by atoms with van der Waals surface area (Å²) in [5.74, 6) is 0.521. The van der Waals surface area contributed by atoms with Crippen molar-refractivity contribution in [3.05, 3.63) is 35.4 Å². The van der Waals surface area contributed by atoms with E-state index in [9.17, 15) is 5.11 Å². The lowest BCUT2D eigenvalue weighted by Gasteiger charge is -2.34. The second-order valence-electron chi connectivity index (χ2n) is 5.57. The van der Waals surface area contributed by atoms with E-state index in [1.165, 1.54) is 5.56 Å². The summed E-state index contributed by atoms with van der Waals surface area (Å²) in [5, 5.41) is 10.4. The molecule has 1 heterocycles. The SMILES string of the molecule is CCN1CCOC(C(O)c2ccc(C(C)C)cc2)C1. The number of rotatable bonds is 4. The van der Waals surface area contributed by atoms with Crippen LogP contribution in [0.1, 0.15) is 43.9 Å². The summed E-state index contributed by atoms with van der Waals surface area (Å²) >= 11 is 0. The van der Waals surface area contributed by atoms with Crippen molar-refractivity contribution in [3.8, 4) is 0 Å². The Hall–Kier alpha value is -0.900. The Balaban J connectivity index is 2.04. The lowest BCUT2D eigenvalue weighted by molar-refractivity contribution is -0.0888. The average Bonchev–Trinajstić information content (AvgIpc) is 2.46. The molecule has 0 bridgehead atoms. The number of aliphatic hydroxyl groups excluding tert-OH is 1. The van der Waals surface area contributed by atoms with E-state index in [1.54, 1.807) is 0 Å². The zero-order chi connectivity index (χ0) is 13.8. The van der Waals surface area contributed by atoms with Gasteiger partial charge < -0.3 is 9.84 Å². The highest BCUT2D eigenvalue weighted by molar-refractivity contribution is 5.26. The maximum absolute atomic E-state index is 10.4. The van der Waals surface area contributed by atoms with Crippen molar-refractivity contribution in [2.45, 2.75) is 38.9 Å². The largest absolute Gasteiger partial charge is 0.386 e. The highest BCUT2D eigenvalue weighted by Crippen LogP contribution is 2.24. The van der Waals surface area contributed by atoms with Crippen LogP contribution in [0.3, 0.4) is 0 Å². The number of hydrogen-bond acceptors (Lipinski definition) is 3. The van der Waals surface area contributed by atoms with Gasteiger partial charge in [0, 0.05) is 13.1 Å². The van der Waals surface area contributed by atoms with Crippen molar-refractivity contribution in [1.82, 2.24) is 4.90 Å². The number of morpholine rings is 1. The van der Waals surface area contributed by atoms with Gasteiger partial charge in [-0.2, -0.15) is 0 Å². The lowest BCUT2D eigenvalue weighted by atomic mass is 9.97. The maximum Gasteiger partial charge on any atom is 0.106 e. The van der Waals surface area contributed by atoms with Crippen molar-refractivity contribution in [1.29, 1.82) is 0 Å². The fourth-order valence-corrected chi connectivity index (χ4v) is 2.50. The van der Waals surface area contributed by atoms with Gasteiger partial charge in [0.15, 0.2) is 0 Å². The molecule has 0 radical (unpaired) electrons. The van der Waals surface area contributed by atoms with Crippen LogP contribution in [-0.4, -0.2) is 42.4 Å². The van der Waals surface area contributed by atoms with Crippen LogP contribution in [0.5, 0.6) is 0 Å². The third-order valence-corrected chi connectivity index (χ3v) is 3.92. The van der Waals surface area contributed by atoms with Gasteiger partial charge in [-0.25, -0.2) is 0 Å². The number of benzene rings is 1. The molecule has 19 heavy (non-hydrogen) atoms. The van der Waals surface area contributed by atoms with E-state index in [-0.39, 0.29) is 6.10 Å². The molecule has 0 amide bonds. The molecule has 3 heteroatoms. The standard InChI is InChI=1S/C16H25NO2/c1-4-17-9-10-19-15(11-17)16(18)14-7-5-13(6-8-14)12(2)3/h5-8,12,15-16,18H,4,9-11H2,1-3H3. The monoisotopic (exact) mass is 263 g/mol. The molecule has 0 aromatic heterocycles. The summed E-state index contributed by atoms with van der Waals surface area (Å²) < 4.78 is 5.71. The van der Waals surface area contributed by atoms with Crippen LogP contribution >= 0.6 is 0 Å². The summed E-state index contributed by atoms with van der Waals surface area (Å²) in [6.45, 7) is 9.99. The van der Waals surface area contributed by atoms with Gasteiger partial charge in [-0.3, -0.25) is 4.90 Å². The highest BCUT2D eigenvalue weighted by Gasteiger charge is 2.27. The third kappa shape index (κ3) is 3.56. The number of ether oxygens (including phenoxy) is 1. The molecule has 1 aromatic rings. The first-order valence-electron chi connectivity index (χ1n) is 7.23. The van der Waals surface area contributed by atoms with E-state index in [4.69, 9.17) is 4.74 Å². The van der Waals surface area contributed by atoms with Crippen molar-refractivity contribution in [3.63, 3.8) is 0 Å². The minimum atomic E-state index is -0.532. The molecular formula is C16H25NO2. The van der Waals surface area contributed by atoms with Crippen LogP contribution in [0.2, 0.25) is 0 Å². The fourth-order valence-electron chi connectivity index (χ4n) is 2.50. The molecular weight excluding hydrogens is 238 g/mol. The summed E-state index contributed by atoms with van der Waals surface area (Å²) in [6.07, 6.45) is -0.644. The first-order chi connectivity index (χ1) is 9.11. The van der Waals surface area contributed by atoms with Gasteiger partial charge in [0.25, 0.3) is 0 Å². The molecule has 0 spiro atoms. The second-order valence-corrected chi connectivity index (χ2v) is 5.57. The summed E-state index contributed by atoms with van der Waals surface area (Å²) in [7, 11) is 0. The van der Waals surface area contributed by atoms with Gasteiger partial charge in [-0.1, -0.05) is 45.0 Å². The summed E-state index contributed by atoms with van der Waals surface area (Å²) in [6, 6.07) is 8.25. The van der Waals surface area contributed by atoms with Gasteiger partial charge in [-0.15, -0.1) is 0 Å². The normalized spacial score (nSPS) is 22.7. The van der Waals surface area contributed by atoms with Gasteiger partial charge in [0.1, 0.15) is 12.2 Å². The third-order valence-electron chi connectivity index (χ3n) is 3.92. The Morgan fingerprint density at radius 1 is 1.26 bits per heavy atom. The molecule has 1 N–H and O–H groups in total. The number of aliphatic hydroxyl groups is 1. The highest BCUT2D eigenvalue weighted by atomic mass is 16.5. The van der Waals surface area contributed by atoms with Crippen molar-refractivity contribution < 1.29 is 9.84 Å². The zero-order valence-corrected chi connectivity index (χ0v) is 12.2. The molecule has 1 aliphatic heterocycles. The minimum absolute atomic E-state index is 0.112. The van der Waals surface area contributed by atoms with Crippen LogP contribution in [0, 0.1) is 0 Å². The van der Waals surface area contributed by atoms with Gasteiger partial charge >= 0.3 is 0 Å². The summed E-state index contributed by atoms with van der Waals surface area (Å²) in [4.78, 5) is 2.32. The molecule has 2 rings (SSSR count). The molecule has 2 atom stereocenters. The van der Waals surface area contributed by atoms with Gasteiger partial charge in [0.2, 0.25) is 0 Å². The van der Waals surface area contributed by atoms with Crippen LogP contribution in [0.25, 0.3) is 0 Å². The topological polar surface area (TPSA) is 32.7 Å². The molecule has 1 fully saturated rings. The van der Waals surface area contributed by atoms with Crippen LogP contribution in [-0.2, 0) is 4.74 Å². The van der Waals surface area contributed by atoms with Crippen molar-refractivity contribution in [2.24, 2.45) is 0 Å². The minimum Gasteiger partial charge on any atom is -0.386 e. The van der Waals surface area contributed by atoms with Crippen molar-refractivity contribution >= 4 is 0 Å². The number of hydrogen-bond donors (Lipinski definition) is 1. The van der Waals surface area contributed by atoms with E-state index in [1.807, 2.05) is 12.1 Å². The molecule has 2 unspecified atom stereocenters. The Kier molecular flexibility index (Phi) is 4.97. The Morgan fingerprint density at radius 2 is 1.89 bits per heavy atom. The molecule has 0 aliphatic carbocycles. The molecule has 0 saturated carbocycles. The van der Waals surface area contributed by atoms with Crippen LogP contribution in [0.4, 0.5) is 0 Å². The van der Waals surface area contributed by atoms with Crippen LogP contribution < -0.4 is 0 Å². The molecule has 106 valence electrons. The smallest absolute Gasteiger partial charge is 0.106 e. The van der Waals surface area contributed by atoms with Crippen molar-refractivity contribution in [2.75, 3.05) is 26.2 Å². The van der Waals surface area contributed by atoms with E-state index in [2.05, 4.69) is 37.8 Å². The quantitative estimate of drug-likeness (QED) is 0.906. The maximum atomic E-state index is 10.4. The van der Waals surface area contributed by atoms with E-state index >= 15 is 0 Å². The molecule has 1 aliphatic rings. The first kappa shape index (κ1) is 14.5. The predicted octanol–water partition coefficient (Wildman–Crippen LogP) is 2.56. The average molecular weight is 263 g/mol. The van der Waals surface area contributed by atoms with E-state index < -0.39 is 6.10 Å². The number of likely N-dealkylation sites (N-methyl/N-ethyl adjacent to an activating group) is 1. The van der Waals surface area contributed by atoms with Gasteiger partial charge in [-0.05, 0) is 23.6 Å².